The van der Waals surface area contributed by atoms with Crippen LogP contribution < -0.4 is 5.32 Å². The molecule has 0 fully saturated rings. The van der Waals surface area contributed by atoms with Gasteiger partial charge in [-0.15, -0.1) is 0 Å². The Morgan fingerprint density at radius 2 is 1.95 bits per heavy atom. The van der Waals surface area contributed by atoms with E-state index in [2.05, 4.69) is 10.3 Å². The number of rotatable bonds is 4. The third-order valence-electron chi connectivity index (χ3n) is 3.04. The van der Waals surface area contributed by atoms with Crippen LogP contribution in [0.4, 0.5) is 13.2 Å². The second-order valence-corrected chi connectivity index (χ2v) is 4.52. The fourth-order valence-corrected chi connectivity index (χ4v) is 1.91. The molecule has 0 spiro atoms. The van der Waals surface area contributed by atoms with Crippen LogP contribution in [0.25, 0.3) is 0 Å². The van der Waals surface area contributed by atoms with Crippen LogP contribution in [0, 0.1) is 0 Å². The van der Waals surface area contributed by atoms with Crippen molar-refractivity contribution in [3.63, 3.8) is 0 Å². The molecule has 1 unspecified atom stereocenters. The lowest BCUT2D eigenvalue weighted by molar-refractivity contribution is -0.139. The lowest BCUT2D eigenvalue weighted by Crippen LogP contribution is -2.37. The van der Waals surface area contributed by atoms with E-state index in [4.69, 9.17) is 5.11 Å². The summed E-state index contributed by atoms with van der Waals surface area (Å²) in [7, 11) is 0. The van der Waals surface area contributed by atoms with Gasteiger partial charge in [0.05, 0.1) is 17.9 Å². The molecule has 2 N–H and O–H groups in total. The van der Waals surface area contributed by atoms with Crippen molar-refractivity contribution in [2.45, 2.75) is 25.1 Å². The molecule has 1 aromatic carbocycles. The Bertz CT molecular complexity index is 523. The number of carbonyl (C=O) groups is 1. The highest BCUT2D eigenvalue weighted by molar-refractivity contribution is 5.90. The molecule has 0 radical (unpaired) electrons. The van der Waals surface area contributed by atoms with Gasteiger partial charge in [-0.05, 0) is 24.1 Å². The van der Waals surface area contributed by atoms with Gasteiger partial charge in [0.1, 0.15) is 6.04 Å². The van der Waals surface area contributed by atoms with Crippen molar-refractivity contribution >= 4 is 11.8 Å². The van der Waals surface area contributed by atoms with E-state index in [-0.39, 0.29) is 6.54 Å². The Labute approximate surface area is 113 Å². The van der Waals surface area contributed by atoms with Crippen molar-refractivity contribution in [3.05, 3.63) is 35.4 Å². The van der Waals surface area contributed by atoms with Crippen LogP contribution in [0.2, 0.25) is 0 Å². The Morgan fingerprint density at radius 3 is 2.45 bits per heavy atom. The average Bonchev–Trinajstić information content (AvgIpc) is 2.85. The molecule has 0 bridgehead atoms. The van der Waals surface area contributed by atoms with E-state index in [9.17, 15) is 18.0 Å². The molecule has 1 atom stereocenters. The Kier molecular flexibility index (Phi) is 3.96. The van der Waals surface area contributed by atoms with E-state index in [1.165, 1.54) is 12.1 Å². The number of nitrogens with zero attached hydrogens (tertiary/aromatic N) is 1. The molecule has 4 nitrogen and oxygen atoms in total. The van der Waals surface area contributed by atoms with Gasteiger partial charge in [-0.25, -0.2) is 4.79 Å². The number of hydrogen-bond acceptors (Lipinski definition) is 3. The maximum atomic E-state index is 12.4. The number of carboxylic acid groups (broad SMARTS) is 1. The van der Waals surface area contributed by atoms with Crippen molar-refractivity contribution in [2.24, 2.45) is 4.99 Å². The number of benzene rings is 1. The van der Waals surface area contributed by atoms with Crippen LogP contribution in [-0.2, 0) is 17.4 Å². The molecular weight excluding hydrogens is 273 g/mol. The van der Waals surface area contributed by atoms with Gasteiger partial charge in [0.15, 0.2) is 0 Å². The predicted molar refractivity (Wildman–Crippen MR) is 66.6 cm³/mol. The molecule has 1 aliphatic rings. The molecule has 1 heterocycles. The number of nitrogens with one attached hydrogen (secondary N) is 1. The number of halogens is 3. The first-order chi connectivity index (χ1) is 9.36. The molecule has 20 heavy (non-hydrogen) atoms. The predicted octanol–water partition coefficient (Wildman–Crippen LogP) is 2.09. The van der Waals surface area contributed by atoms with E-state index in [1.807, 2.05) is 0 Å². The van der Waals surface area contributed by atoms with E-state index in [0.717, 1.165) is 17.7 Å². The molecule has 0 aromatic heterocycles. The van der Waals surface area contributed by atoms with Crippen LogP contribution in [0.15, 0.2) is 29.3 Å². The van der Waals surface area contributed by atoms with E-state index < -0.39 is 23.8 Å². The summed E-state index contributed by atoms with van der Waals surface area (Å²) in [5.41, 5.74) is 0.0739. The number of alkyl halides is 3. The summed E-state index contributed by atoms with van der Waals surface area (Å²) in [6.45, 7) is 0.192. The molecule has 108 valence electrons. The molecule has 0 saturated heterocycles. The maximum Gasteiger partial charge on any atom is 0.416 e. The Hall–Kier alpha value is -2.05. The standard InChI is InChI=1S/C13H13F3N2O2/c14-13(15,16)9-4-1-8(2-5-9)3-6-11-17-7-10(18-11)12(19)20/h1-2,4-5,10H,3,6-7H2,(H,17,18)(H,19,20). The highest BCUT2D eigenvalue weighted by Crippen LogP contribution is 2.29. The quantitative estimate of drug-likeness (QED) is 0.891. The monoisotopic (exact) mass is 286 g/mol. The van der Waals surface area contributed by atoms with Crippen molar-refractivity contribution in [2.75, 3.05) is 6.54 Å². The molecule has 1 aliphatic heterocycles. The van der Waals surface area contributed by atoms with Crippen molar-refractivity contribution in [1.82, 2.24) is 5.32 Å². The van der Waals surface area contributed by atoms with Crippen LogP contribution >= 0.6 is 0 Å². The summed E-state index contributed by atoms with van der Waals surface area (Å²) in [5, 5.41) is 11.5. The van der Waals surface area contributed by atoms with Crippen molar-refractivity contribution < 1.29 is 23.1 Å². The first kappa shape index (κ1) is 14.4. The topological polar surface area (TPSA) is 61.7 Å². The number of carboxylic acids is 1. The van der Waals surface area contributed by atoms with E-state index >= 15 is 0 Å². The third-order valence-corrected chi connectivity index (χ3v) is 3.04. The average molecular weight is 286 g/mol. The van der Waals surface area contributed by atoms with Gasteiger partial charge in [-0.1, -0.05) is 12.1 Å². The molecule has 0 saturated carbocycles. The molecule has 0 amide bonds. The first-order valence-electron chi connectivity index (χ1n) is 6.05. The van der Waals surface area contributed by atoms with Gasteiger partial charge in [0.25, 0.3) is 0 Å². The molecule has 1 aromatic rings. The van der Waals surface area contributed by atoms with Crippen LogP contribution in [-0.4, -0.2) is 29.5 Å². The number of aliphatic imine (C=N–C) groups is 1. The third kappa shape index (κ3) is 3.49. The highest BCUT2D eigenvalue weighted by atomic mass is 19.4. The fourth-order valence-electron chi connectivity index (χ4n) is 1.91. The van der Waals surface area contributed by atoms with Crippen LogP contribution in [0.1, 0.15) is 17.5 Å². The van der Waals surface area contributed by atoms with Crippen LogP contribution in [0.3, 0.4) is 0 Å². The normalized spacial score (nSPS) is 18.6. The van der Waals surface area contributed by atoms with Crippen molar-refractivity contribution in [3.8, 4) is 0 Å². The Balaban J connectivity index is 1.88. The van der Waals surface area contributed by atoms with Crippen LogP contribution in [0.5, 0.6) is 0 Å². The zero-order valence-corrected chi connectivity index (χ0v) is 10.4. The number of hydrogen-bond donors (Lipinski definition) is 2. The SMILES string of the molecule is O=C(O)C1CN=C(CCc2ccc(C(F)(F)F)cc2)N1. The molecular formula is C13H13F3N2O2. The summed E-state index contributed by atoms with van der Waals surface area (Å²) in [4.78, 5) is 14.8. The van der Waals surface area contributed by atoms with Gasteiger partial charge in [0.2, 0.25) is 0 Å². The number of aryl methyl sites for hydroxylation is 1. The summed E-state index contributed by atoms with van der Waals surface area (Å²) in [6.07, 6.45) is -3.34. The lowest BCUT2D eigenvalue weighted by atomic mass is 10.1. The maximum absolute atomic E-state index is 12.4. The molecule has 7 heteroatoms. The van der Waals surface area contributed by atoms with Gasteiger partial charge >= 0.3 is 12.1 Å². The second-order valence-electron chi connectivity index (χ2n) is 4.52. The minimum Gasteiger partial charge on any atom is -0.480 e. The largest absolute Gasteiger partial charge is 0.480 e. The van der Waals surface area contributed by atoms with E-state index in [0.29, 0.717) is 18.7 Å². The zero-order chi connectivity index (χ0) is 14.8. The summed E-state index contributed by atoms with van der Waals surface area (Å²) in [5.74, 6) is -0.379. The number of amidine groups is 1. The van der Waals surface area contributed by atoms with Crippen molar-refractivity contribution in [1.29, 1.82) is 0 Å². The van der Waals surface area contributed by atoms with Gasteiger partial charge in [-0.3, -0.25) is 4.99 Å². The highest BCUT2D eigenvalue weighted by Gasteiger charge is 2.30. The minimum absolute atomic E-state index is 0.192. The lowest BCUT2D eigenvalue weighted by Gasteiger charge is -2.08. The summed E-state index contributed by atoms with van der Waals surface area (Å²) in [6, 6.07) is 4.23. The second kappa shape index (κ2) is 5.52. The summed E-state index contributed by atoms with van der Waals surface area (Å²) < 4.78 is 37.2. The number of aliphatic carboxylic acids is 1. The Morgan fingerprint density at radius 1 is 1.30 bits per heavy atom. The zero-order valence-electron chi connectivity index (χ0n) is 10.4. The van der Waals surface area contributed by atoms with Gasteiger partial charge in [0, 0.05) is 6.42 Å². The smallest absolute Gasteiger partial charge is 0.416 e. The minimum atomic E-state index is -4.33. The molecule has 0 aliphatic carbocycles. The first-order valence-corrected chi connectivity index (χ1v) is 6.05. The molecule has 2 rings (SSSR count). The van der Waals surface area contributed by atoms with Gasteiger partial charge < -0.3 is 10.4 Å². The van der Waals surface area contributed by atoms with Gasteiger partial charge in [-0.2, -0.15) is 13.2 Å². The van der Waals surface area contributed by atoms with E-state index in [1.54, 1.807) is 0 Å². The fraction of sp³-hybridized carbons (Fsp3) is 0.385. The summed E-state index contributed by atoms with van der Waals surface area (Å²) >= 11 is 0.